The first kappa shape index (κ1) is 12.6. The molecule has 0 fully saturated rings. The van der Waals surface area contributed by atoms with E-state index in [-0.39, 0.29) is 22.5 Å². The van der Waals surface area contributed by atoms with Crippen LogP contribution in [0.3, 0.4) is 0 Å². The van der Waals surface area contributed by atoms with Crippen LogP contribution in [0.5, 0.6) is 0 Å². The molecule has 6 heteroatoms. The van der Waals surface area contributed by atoms with Crippen molar-refractivity contribution < 1.29 is 13.2 Å². The first-order chi connectivity index (χ1) is 8.45. The van der Waals surface area contributed by atoms with Crippen LogP contribution in [0.2, 0.25) is 0 Å². The largest absolute Gasteiger partial charge is 0.323 e. The van der Waals surface area contributed by atoms with Crippen LogP contribution in [0.25, 0.3) is 10.9 Å². The van der Waals surface area contributed by atoms with Crippen molar-refractivity contribution >= 4 is 16.6 Å². The lowest BCUT2D eigenvalue weighted by Crippen LogP contribution is -2.10. The summed E-state index contributed by atoms with van der Waals surface area (Å²) in [4.78, 5) is 3.95. The second-order valence-electron chi connectivity index (χ2n) is 4.27. The highest BCUT2D eigenvalue weighted by atomic mass is 19.2. The number of hydrogen-bond acceptors (Lipinski definition) is 3. The lowest BCUT2D eigenvalue weighted by atomic mass is 10.1. The Labute approximate surface area is 102 Å². The van der Waals surface area contributed by atoms with Crippen LogP contribution in [0, 0.1) is 17.5 Å². The Kier molecular flexibility index (Phi) is 3.13. The zero-order chi connectivity index (χ0) is 13.4. The summed E-state index contributed by atoms with van der Waals surface area (Å²) in [7, 11) is 0. The van der Waals surface area contributed by atoms with Crippen molar-refractivity contribution in [1.29, 1.82) is 0 Å². The molecule has 0 aliphatic carbocycles. The van der Waals surface area contributed by atoms with Gasteiger partial charge in [0.25, 0.3) is 0 Å². The van der Waals surface area contributed by atoms with Crippen LogP contribution in [0.4, 0.5) is 18.9 Å². The van der Waals surface area contributed by atoms with E-state index in [1.54, 1.807) is 0 Å². The monoisotopic (exact) mass is 255 g/mol. The first-order valence-electron chi connectivity index (χ1n) is 5.40. The number of nitrogens with two attached hydrogens (primary N) is 1. The number of nitrogens with zero attached hydrogens (tertiary/aromatic N) is 1. The molecule has 0 aliphatic heterocycles. The smallest absolute Gasteiger partial charge is 0.185 e. The van der Waals surface area contributed by atoms with Gasteiger partial charge in [-0.25, -0.2) is 18.2 Å². The Morgan fingerprint density at radius 1 is 1.17 bits per heavy atom. The van der Waals surface area contributed by atoms with Crippen LogP contribution in [-0.2, 0) is 0 Å². The maximum atomic E-state index is 13.7. The number of pyridine rings is 1. The number of aromatic nitrogens is 1. The molecule has 1 aromatic heterocycles. The van der Waals surface area contributed by atoms with Gasteiger partial charge in [0.1, 0.15) is 11.3 Å². The summed E-state index contributed by atoms with van der Waals surface area (Å²) in [6.07, 6.45) is 0. The van der Waals surface area contributed by atoms with Crippen LogP contribution in [0.1, 0.15) is 25.5 Å². The van der Waals surface area contributed by atoms with Gasteiger partial charge in [-0.1, -0.05) is 13.8 Å². The van der Waals surface area contributed by atoms with Gasteiger partial charge in [-0.15, -0.1) is 0 Å². The van der Waals surface area contributed by atoms with Gasteiger partial charge >= 0.3 is 0 Å². The van der Waals surface area contributed by atoms with Crippen molar-refractivity contribution in [1.82, 2.24) is 4.98 Å². The molecular formula is C12H12F3N3. The molecule has 3 N–H and O–H groups in total. The lowest BCUT2D eigenvalue weighted by molar-refractivity contribution is 0.503. The van der Waals surface area contributed by atoms with Gasteiger partial charge in [-0.05, 0) is 12.0 Å². The molecule has 3 nitrogen and oxygen atoms in total. The maximum Gasteiger partial charge on any atom is 0.185 e. The summed E-state index contributed by atoms with van der Waals surface area (Å²) in [6.45, 7) is 3.67. The Balaban J connectivity index is 2.92. The highest BCUT2D eigenvalue weighted by Crippen LogP contribution is 2.30. The normalized spacial score (nSPS) is 11.3. The zero-order valence-corrected chi connectivity index (χ0v) is 9.89. The molecule has 0 bridgehead atoms. The summed E-state index contributed by atoms with van der Waals surface area (Å²) in [6, 6.07) is 2.00. The average molecular weight is 255 g/mol. The van der Waals surface area contributed by atoms with Crippen LogP contribution in [-0.4, -0.2) is 4.98 Å². The van der Waals surface area contributed by atoms with E-state index < -0.39 is 17.5 Å². The number of nitrogens with one attached hydrogen (secondary N) is 1. The minimum absolute atomic E-state index is 0.0211. The van der Waals surface area contributed by atoms with Gasteiger partial charge in [0.2, 0.25) is 0 Å². The topological polar surface area (TPSA) is 50.9 Å². The number of hydrazine groups is 1. The minimum Gasteiger partial charge on any atom is -0.323 e. The average Bonchev–Trinajstić information content (AvgIpc) is 2.34. The van der Waals surface area contributed by atoms with Crippen LogP contribution >= 0.6 is 0 Å². The number of halogens is 3. The third-order valence-corrected chi connectivity index (χ3v) is 2.70. The lowest BCUT2D eigenvalue weighted by Gasteiger charge is -2.12. The van der Waals surface area contributed by atoms with Gasteiger partial charge in [-0.3, -0.25) is 5.84 Å². The molecule has 2 rings (SSSR count). The Morgan fingerprint density at radius 3 is 2.39 bits per heavy atom. The van der Waals surface area contributed by atoms with Crippen molar-refractivity contribution in [3.8, 4) is 0 Å². The highest BCUT2D eigenvalue weighted by molar-refractivity contribution is 5.92. The van der Waals surface area contributed by atoms with Gasteiger partial charge in [0.15, 0.2) is 11.6 Å². The van der Waals surface area contributed by atoms with Crippen molar-refractivity contribution in [3.63, 3.8) is 0 Å². The summed E-state index contributed by atoms with van der Waals surface area (Å²) < 4.78 is 40.5. The minimum atomic E-state index is -1.27. The van der Waals surface area contributed by atoms with Crippen molar-refractivity contribution in [3.05, 3.63) is 35.3 Å². The predicted molar refractivity (Wildman–Crippen MR) is 63.5 cm³/mol. The number of hydrogen-bond donors (Lipinski definition) is 2. The van der Waals surface area contributed by atoms with E-state index in [0.717, 1.165) is 0 Å². The van der Waals surface area contributed by atoms with E-state index in [4.69, 9.17) is 5.84 Å². The summed E-state index contributed by atoms with van der Waals surface area (Å²) in [5.41, 5.74) is 2.61. The van der Waals surface area contributed by atoms with E-state index >= 15 is 0 Å². The Hall–Kier alpha value is -1.82. The molecule has 1 heterocycles. The van der Waals surface area contributed by atoms with Crippen LogP contribution in [0.15, 0.2) is 12.1 Å². The molecule has 1 aromatic carbocycles. The van der Waals surface area contributed by atoms with E-state index in [1.165, 1.54) is 6.07 Å². The summed E-state index contributed by atoms with van der Waals surface area (Å²) >= 11 is 0. The Bertz CT molecular complexity index is 611. The number of fused-ring (bicyclic) bond motifs is 1. The molecule has 96 valence electrons. The third-order valence-electron chi connectivity index (χ3n) is 2.70. The highest BCUT2D eigenvalue weighted by Gasteiger charge is 2.18. The number of anilines is 1. The molecule has 0 unspecified atom stereocenters. The van der Waals surface area contributed by atoms with E-state index in [2.05, 4.69) is 10.4 Å². The molecular weight excluding hydrogens is 243 g/mol. The molecule has 0 saturated heterocycles. The number of rotatable bonds is 2. The standard InChI is InChI=1S/C12H12F3N3/c1-5(2)8-4-9(18-16)10-6(13)3-7(14)11(15)12(10)17-8/h3-5H,16H2,1-2H3,(H,17,18). The summed E-state index contributed by atoms with van der Waals surface area (Å²) in [5.74, 6) is 1.91. The quantitative estimate of drug-likeness (QED) is 0.492. The Morgan fingerprint density at radius 2 is 1.83 bits per heavy atom. The van der Waals surface area contributed by atoms with E-state index in [1.807, 2.05) is 13.8 Å². The van der Waals surface area contributed by atoms with E-state index in [0.29, 0.717) is 11.8 Å². The second kappa shape index (κ2) is 4.45. The van der Waals surface area contributed by atoms with Crippen molar-refractivity contribution in [2.75, 3.05) is 5.43 Å². The number of nitrogen functional groups attached to an aromatic ring is 1. The second-order valence-corrected chi connectivity index (χ2v) is 4.27. The van der Waals surface area contributed by atoms with Gasteiger partial charge in [0.05, 0.1) is 11.1 Å². The molecule has 18 heavy (non-hydrogen) atoms. The summed E-state index contributed by atoms with van der Waals surface area (Å²) in [5, 5.41) is -0.152. The maximum absolute atomic E-state index is 13.7. The molecule has 0 saturated carbocycles. The van der Waals surface area contributed by atoms with Gasteiger partial charge in [-0.2, -0.15) is 0 Å². The molecule has 0 amide bonds. The number of benzene rings is 1. The molecule has 0 atom stereocenters. The molecule has 2 aromatic rings. The first-order valence-corrected chi connectivity index (χ1v) is 5.40. The fourth-order valence-electron chi connectivity index (χ4n) is 1.73. The van der Waals surface area contributed by atoms with Crippen LogP contribution < -0.4 is 11.3 Å². The van der Waals surface area contributed by atoms with Gasteiger partial charge < -0.3 is 5.43 Å². The van der Waals surface area contributed by atoms with E-state index in [9.17, 15) is 13.2 Å². The fourth-order valence-corrected chi connectivity index (χ4v) is 1.73. The van der Waals surface area contributed by atoms with Crippen molar-refractivity contribution in [2.45, 2.75) is 19.8 Å². The zero-order valence-electron chi connectivity index (χ0n) is 9.89. The fraction of sp³-hybridized carbons (Fsp3) is 0.250. The van der Waals surface area contributed by atoms with Gasteiger partial charge in [0, 0.05) is 11.8 Å². The van der Waals surface area contributed by atoms with Crippen molar-refractivity contribution in [2.24, 2.45) is 5.84 Å². The SMILES string of the molecule is CC(C)c1cc(NN)c2c(F)cc(F)c(F)c2n1. The molecule has 0 radical (unpaired) electrons. The third kappa shape index (κ3) is 1.88. The molecule has 0 aliphatic rings. The predicted octanol–water partition coefficient (Wildman–Crippen LogP) is 3.06. The molecule has 0 spiro atoms.